The molecule has 0 amide bonds. The van der Waals surface area contributed by atoms with E-state index in [4.69, 9.17) is 20.9 Å². The van der Waals surface area contributed by atoms with Crippen molar-refractivity contribution in [2.75, 3.05) is 18.1 Å². The van der Waals surface area contributed by atoms with E-state index < -0.39 is 42.2 Å². The Kier molecular flexibility index (Phi) is 5.59. The van der Waals surface area contributed by atoms with E-state index in [0.29, 0.717) is 0 Å². The molecule has 1 saturated heterocycles. The van der Waals surface area contributed by atoms with Crippen LogP contribution in [0.15, 0.2) is 17.1 Å². The maximum Gasteiger partial charge on any atom is 0.351 e. The van der Waals surface area contributed by atoms with Crippen molar-refractivity contribution in [1.29, 1.82) is 0 Å². The Morgan fingerprint density at radius 3 is 2.83 bits per heavy atom. The van der Waals surface area contributed by atoms with E-state index in [1.807, 2.05) is 0 Å². The lowest BCUT2D eigenvalue weighted by molar-refractivity contribution is -0.151. The van der Waals surface area contributed by atoms with E-state index in [1.165, 1.54) is 12.3 Å². The topological polar surface area (TPSA) is 163 Å². The second-order valence-electron chi connectivity index (χ2n) is 5.01. The number of nitrogen functional groups attached to an aromatic ring is 1. The minimum Gasteiger partial charge on any atom is -0.462 e. The smallest absolute Gasteiger partial charge is 0.351 e. The summed E-state index contributed by atoms with van der Waals surface area (Å²) in [6.45, 7) is -0.327. The molecule has 1 aromatic heterocycles. The lowest BCUT2D eigenvalue weighted by Crippen LogP contribution is -2.39. The van der Waals surface area contributed by atoms with Crippen molar-refractivity contribution < 1.29 is 24.5 Å². The second kappa shape index (κ2) is 7.27. The number of thiol groups is 1. The first-order chi connectivity index (χ1) is 10.8. The first kappa shape index (κ1) is 17.7. The number of nitrogens with zero attached hydrogens (tertiary/aromatic N) is 2. The van der Waals surface area contributed by atoms with Crippen LogP contribution in [0.2, 0.25) is 0 Å². The fourth-order valence-corrected chi connectivity index (χ4v) is 2.21. The molecule has 2 heterocycles. The molecule has 1 aliphatic heterocycles. The number of rotatable bonds is 5. The SMILES string of the molecule is Nc1ccn(C2O[C@H](COC(=O)[C@@H](N)CS)[C@H](O)[C@@H]2O)c(=O)n1. The third kappa shape index (κ3) is 3.82. The summed E-state index contributed by atoms with van der Waals surface area (Å²) < 4.78 is 11.3. The molecular weight excluding hydrogens is 328 g/mol. The van der Waals surface area contributed by atoms with Gasteiger partial charge in [-0.15, -0.1) is 0 Å². The van der Waals surface area contributed by atoms with Crippen LogP contribution in [0.25, 0.3) is 0 Å². The summed E-state index contributed by atoms with van der Waals surface area (Å²) in [7, 11) is 0. The van der Waals surface area contributed by atoms with E-state index in [0.717, 1.165) is 4.57 Å². The standard InChI is InChI=1S/C12H18N4O6S/c13-5(4-23)11(19)21-3-6-8(17)9(18)10(22-6)16-2-1-7(14)15-12(16)20/h1-2,5-6,8-10,17-18,23H,3-4,13H2,(H2,14,15,20)/t5-,6+,8-,9-,10?/m0/s1. The van der Waals surface area contributed by atoms with Gasteiger partial charge in [0, 0.05) is 11.9 Å². The lowest BCUT2D eigenvalue weighted by Gasteiger charge is -2.17. The van der Waals surface area contributed by atoms with Crippen LogP contribution in [-0.4, -0.2) is 62.4 Å². The number of esters is 1. The van der Waals surface area contributed by atoms with Crippen LogP contribution in [0.3, 0.4) is 0 Å². The van der Waals surface area contributed by atoms with Crippen molar-refractivity contribution in [3.63, 3.8) is 0 Å². The van der Waals surface area contributed by atoms with Gasteiger partial charge in [0.2, 0.25) is 0 Å². The number of carbonyl (C=O) groups is 1. The molecular formula is C12H18N4O6S. The molecule has 2 rings (SSSR count). The summed E-state index contributed by atoms with van der Waals surface area (Å²) in [4.78, 5) is 26.8. The van der Waals surface area contributed by atoms with E-state index in [9.17, 15) is 19.8 Å². The zero-order valence-corrected chi connectivity index (χ0v) is 12.9. The number of anilines is 1. The van der Waals surface area contributed by atoms with Crippen molar-refractivity contribution in [2.24, 2.45) is 5.73 Å². The number of nitrogens with two attached hydrogens (primary N) is 2. The fraction of sp³-hybridized carbons (Fsp3) is 0.583. The number of ether oxygens (including phenoxy) is 2. The molecule has 1 fully saturated rings. The molecule has 1 aromatic rings. The highest BCUT2D eigenvalue weighted by Crippen LogP contribution is 2.28. The maximum atomic E-state index is 11.8. The number of aliphatic hydroxyl groups excluding tert-OH is 2. The van der Waals surface area contributed by atoms with Crippen molar-refractivity contribution >= 4 is 24.4 Å². The van der Waals surface area contributed by atoms with Crippen LogP contribution in [0.5, 0.6) is 0 Å². The van der Waals surface area contributed by atoms with E-state index in [1.54, 1.807) is 0 Å². The number of hydrogen-bond acceptors (Lipinski definition) is 10. The molecule has 10 nitrogen and oxygen atoms in total. The summed E-state index contributed by atoms with van der Waals surface area (Å²) in [6, 6.07) is 0.449. The summed E-state index contributed by atoms with van der Waals surface area (Å²) in [6.07, 6.45) is -3.66. The summed E-state index contributed by atoms with van der Waals surface area (Å²) in [5.41, 5.74) is 10.1. The molecule has 6 N–H and O–H groups in total. The minimum absolute atomic E-state index is 0.0190. The first-order valence-electron chi connectivity index (χ1n) is 6.74. The van der Waals surface area contributed by atoms with E-state index in [-0.39, 0.29) is 18.2 Å². The average Bonchev–Trinajstić information content (AvgIpc) is 2.80. The molecule has 11 heteroatoms. The fourth-order valence-electron chi connectivity index (χ4n) is 2.06. The van der Waals surface area contributed by atoms with Crippen molar-refractivity contribution in [1.82, 2.24) is 9.55 Å². The number of aliphatic hydroxyl groups is 2. The number of aromatic nitrogens is 2. The molecule has 0 saturated carbocycles. The second-order valence-corrected chi connectivity index (χ2v) is 5.37. The van der Waals surface area contributed by atoms with E-state index >= 15 is 0 Å². The first-order valence-corrected chi connectivity index (χ1v) is 7.37. The van der Waals surface area contributed by atoms with Crippen LogP contribution >= 0.6 is 12.6 Å². The van der Waals surface area contributed by atoms with Gasteiger partial charge in [-0.1, -0.05) is 0 Å². The Hall–Kier alpha value is -1.66. The predicted octanol–water partition coefficient (Wildman–Crippen LogP) is -2.75. The largest absolute Gasteiger partial charge is 0.462 e. The molecule has 0 aromatic carbocycles. The van der Waals surface area contributed by atoms with E-state index in [2.05, 4.69) is 17.6 Å². The highest BCUT2D eigenvalue weighted by Gasteiger charge is 2.44. The van der Waals surface area contributed by atoms with Gasteiger partial charge in [-0.05, 0) is 6.07 Å². The molecule has 1 unspecified atom stereocenters. The number of carbonyl (C=O) groups excluding carboxylic acids is 1. The van der Waals surface area contributed by atoms with Crippen LogP contribution < -0.4 is 17.2 Å². The third-order valence-electron chi connectivity index (χ3n) is 3.35. The monoisotopic (exact) mass is 346 g/mol. The number of hydrogen-bond donors (Lipinski definition) is 5. The molecule has 0 radical (unpaired) electrons. The van der Waals surface area contributed by atoms with Gasteiger partial charge in [0.1, 0.15) is 36.8 Å². The van der Waals surface area contributed by atoms with Gasteiger partial charge >= 0.3 is 11.7 Å². The van der Waals surface area contributed by atoms with Gasteiger partial charge in [-0.3, -0.25) is 9.36 Å². The Bertz CT molecular complexity index is 626. The zero-order chi connectivity index (χ0) is 17.1. The van der Waals surface area contributed by atoms with Gasteiger partial charge in [0.15, 0.2) is 6.23 Å². The van der Waals surface area contributed by atoms with Crippen LogP contribution in [0.1, 0.15) is 6.23 Å². The quantitative estimate of drug-likeness (QED) is 0.281. The van der Waals surface area contributed by atoms with Crippen LogP contribution in [-0.2, 0) is 14.3 Å². The van der Waals surface area contributed by atoms with Gasteiger partial charge in [0.05, 0.1) is 0 Å². The summed E-state index contributed by atoms with van der Waals surface area (Å²) in [5, 5.41) is 20.0. The van der Waals surface area contributed by atoms with Gasteiger partial charge < -0.3 is 31.2 Å². The molecule has 0 spiro atoms. The minimum atomic E-state index is -1.40. The summed E-state index contributed by atoms with van der Waals surface area (Å²) >= 11 is 3.87. The zero-order valence-electron chi connectivity index (χ0n) is 12.0. The van der Waals surface area contributed by atoms with Gasteiger partial charge in [0.25, 0.3) is 0 Å². The molecule has 5 atom stereocenters. The highest BCUT2D eigenvalue weighted by molar-refractivity contribution is 7.80. The summed E-state index contributed by atoms with van der Waals surface area (Å²) in [5.74, 6) is -0.587. The van der Waals surface area contributed by atoms with Gasteiger partial charge in [-0.2, -0.15) is 17.6 Å². The Labute approximate surface area is 136 Å². The molecule has 0 bridgehead atoms. The van der Waals surface area contributed by atoms with Crippen LogP contribution in [0, 0.1) is 0 Å². The van der Waals surface area contributed by atoms with Crippen LogP contribution in [0.4, 0.5) is 5.82 Å². The maximum absolute atomic E-state index is 11.8. The van der Waals surface area contributed by atoms with Crippen molar-refractivity contribution in [2.45, 2.75) is 30.6 Å². The third-order valence-corrected chi connectivity index (χ3v) is 3.75. The van der Waals surface area contributed by atoms with Gasteiger partial charge in [-0.25, -0.2) is 4.79 Å². The Morgan fingerprint density at radius 2 is 2.22 bits per heavy atom. The molecule has 23 heavy (non-hydrogen) atoms. The highest BCUT2D eigenvalue weighted by atomic mass is 32.1. The van der Waals surface area contributed by atoms with Crippen molar-refractivity contribution in [3.8, 4) is 0 Å². The Balaban J connectivity index is 2.06. The molecule has 128 valence electrons. The average molecular weight is 346 g/mol. The van der Waals surface area contributed by atoms with Crippen molar-refractivity contribution in [3.05, 3.63) is 22.7 Å². The Morgan fingerprint density at radius 1 is 1.52 bits per heavy atom. The normalized spacial score (nSPS) is 28.5. The molecule has 0 aliphatic carbocycles. The predicted molar refractivity (Wildman–Crippen MR) is 81.6 cm³/mol. The molecule has 1 aliphatic rings. The lowest BCUT2D eigenvalue weighted by atomic mass is 10.1.